The highest BCUT2D eigenvalue weighted by Crippen LogP contribution is 2.18. The lowest BCUT2D eigenvalue weighted by atomic mass is 10.1. The van der Waals surface area contributed by atoms with Crippen LogP contribution in [0.1, 0.15) is 18.1 Å². The van der Waals surface area contributed by atoms with Crippen LogP contribution in [0.15, 0.2) is 24.5 Å². The second kappa shape index (κ2) is 5.91. The number of nitrogens with zero attached hydrogens (tertiary/aromatic N) is 4. The number of rotatable bonds is 4. The number of pyridine rings is 1. The molecule has 1 fully saturated rings. The Balaban J connectivity index is 1.79. The molecule has 0 radical (unpaired) electrons. The normalized spacial score (nSPS) is 17.9. The van der Waals surface area contributed by atoms with Gasteiger partial charge in [-0.3, -0.25) is 4.90 Å². The second-order valence-corrected chi connectivity index (χ2v) is 5.36. The number of aromatic nitrogens is 2. The number of fused-ring (bicyclic) bond motifs is 1. The third kappa shape index (κ3) is 2.57. The van der Waals surface area contributed by atoms with Gasteiger partial charge in [0.1, 0.15) is 0 Å². The minimum atomic E-state index is 0.0458. The van der Waals surface area contributed by atoms with Crippen LogP contribution >= 0.6 is 0 Å². The zero-order valence-corrected chi connectivity index (χ0v) is 12.0. The number of aliphatic hydroxyl groups is 1. The van der Waals surface area contributed by atoms with Gasteiger partial charge in [-0.25, -0.2) is 4.52 Å². The molecule has 5 heteroatoms. The van der Waals surface area contributed by atoms with Gasteiger partial charge in [0, 0.05) is 44.5 Å². The second-order valence-electron chi connectivity index (χ2n) is 5.36. The Hall–Kier alpha value is -1.43. The molecule has 5 nitrogen and oxygen atoms in total. The lowest BCUT2D eigenvalue weighted by Gasteiger charge is -2.34. The van der Waals surface area contributed by atoms with E-state index in [-0.39, 0.29) is 6.61 Å². The molecule has 0 amide bonds. The summed E-state index contributed by atoms with van der Waals surface area (Å²) in [6, 6.07) is 4.17. The summed E-state index contributed by atoms with van der Waals surface area (Å²) < 4.78 is 1.86. The van der Waals surface area contributed by atoms with Crippen LogP contribution in [0.25, 0.3) is 5.52 Å². The molecule has 3 heterocycles. The van der Waals surface area contributed by atoms with E-state index in [9.17, 15) is 5.11 Å². The highest BCUT2D eigenvalue weighted by Gasteiger charge is 2.17. The SMILES string of the molecule is CCN1CCN(Cc2cccn3ncc(CO)c23)CC1. The average molecular weight is 274 g/mol. The van der Waals surface area contributed by atoms with E-state index < -0.39 is 0 Å². The standard InChI is InChI=1S/C15H22N4O/c1-2-17-6-8-18(9-7-17)11-13-4-3-5-19-15(13)14(12-20)10-16-19/h3-5,10,20H,2,6-9,11-12H2,1H3. The summed E-state index contributed by atoms with van der Waals surface area (Å²) in [5.41, 5.74) is 3.22. The van der Waals surface area contributed by atoms with Gasteiger partial charge < -0.3 is 10.0 Å². The molecule has 1 aliphatic heterocycles. The molecule has 2 aromatic rings. The molecule has 0 atom stereocenters. The van der Waals surface area contributed by atoms with Gasteiger partial charge in [-0.05, 0) is 18.2 Å². The summed E-state index contributed by atoms with van der Waals surface area (Å²) in [4.78, 5) is 4.96. The predicted molar refractivity (Wildman–Crippen MR) is 78.5 cm³/mol. The predicted octanol–water partition coefficient (Wildman–Crippen LogP) is 0.964. The largest absolute Gasteiger partial charge is 0.392 e. The van der Waals surface area contributed by atoms with E-state index in [2.05, 4.69) is 27.9 Å². The Labute approximate surface area is 119 Å². The molecule has 0 bridgehead atoms. The highest BCUT2D eigenvalue weighted by atomic mass is 16.3. The molecule has 108 valence electrons. The molecule has 1 saturated heterocycles. The van der Waals surface area contributed by atoms with Gasteiger partial charge in [-0.1, -0.05) is 13.0 Å². The first-order chi connectivity index (χ1) is 9.81. The van der Waals surface area contributed by atoms with E-state index >= 15 is 0 Å². The fraction of sp³-hybridized carbons (Fsp3) is 0.533. The van der Waals surface area contributed by atoms with Crippen LogP contribution < -0.4 is 0 Å². The number of aliphatic hydroxyl groups excluding tert-OH is 1. The first-order valence-corrected chi connectivity index (χ1v) is 7.31. The summed E-state index contributed by atoms with van der Waals surface area (Å²) in [6.45, 7) is 8.84. The van der Waals surface area contributed by atoms with Gasteiger partial charge in [-0.15, -0.1) is 0 Å². The highest BCUT2D eigenvalue weighted by molar-refractivity contribution is 5.60. The summed E-state index contributed by atoms with van der Waals surface area (Å²) >= 11 is 0. The molecule has 20 heavy (non-hydrogen) atoms. The van der Waals surface area contributed by atoms with E-state index in [1.807, 2.05) is 16.8 Å². The number of hydrogen-bond acceptors (Lipinski definition) is 4. The Bertz CT molecular complexity index is 572. The summed E-state index contributed by atoms with van der Waals surface area (Å²) in [6.07, 6.45) is 3.70. The van der Waals surface area contributed by atoms with E-state index in [0.29, 0.717) is 0 Å². The molecule has 0 aliphatic carbocycles. The van der Waals surface area contributed by atoms with E-state index in [0.717, 1.165) is 50.3 Å². The first kappa shape index (κ1) is 13.5. The number of piperazine rings is 1. The monoisotopic (exact) mass is 274 g/mol. The van der Waals surface area contributed by atoms with Crippen LogP contribution in [0.4, 0.5) is 0 Å². The Morgan fingerprint density at radius 3 is 2.60 bits per heavy atom. The third-order valence-corrected chi connectivity index (χ3v) is 4.18. The van der Waals surface area contributed by atoms with Crippen molar-refractivity contribution in [2.45, 2.75) is 20.1 Å². The van der Waals surface area contributed by atoms with Gasteiger partial charge in [0.25, 0.3) is 0 Å². The molecule has 0 unspecified atom stereocenters. The topological polar surface area (TPSA) is 44.0 Å². The van der Waals surface area contributed by atoms with Gasteiger partial charge >= 0.3 is 0 Å². The maximum atomic E-state index is 9.45. The quantitative estimate of drug-likeness (QED) is 0.902. The number of likely N-dealkylation sites (N-methyl/N-ethyl adjacent to an activating group) is 1. The van der Waals surface area contributed by atoms with Crippen molar-refractivity contribution in [3.8, 4) is 0 Å². The molecule has 0 spiro atoms. The average Bonchev–Trinajstić information content (AvgIpc) is 2.92. The van der Waals surface area contributed by atoms with Crippen molar-refractivity contribution in [2.24, 2.45) is 0 Å². The Kier molecular flexibility index (Phi) is 4.00. The Morgan fingerprint density at radius 1 is 1.15 bits per heavy atom. The molecule has 0 aromatic carbocycles. The van der Waals surface area contributed by atoms with E-state index in [1.165, 1.54) is 5.56 Å². The molecule has 1 N–H and O–H groups in total. The van der Waals surface area contributed by atoms with Crippen molar-refractivity contribution < 1.29 is 5.11 Å². The van der Waals surface area contributed by atoms with Crippen molar-refractivity contribution in [1.29, 1.82) is 0 Å². The molecule has 2 aromatic heterocycles. The first-order valence-electron chi connectivity index (χ1n) is 7.31. The van der Waals surface area contributed by atoms with Gasteiger partial charge in [0.2, 0.25) is 0 Å². The smallest absolute Gasteiger partial charge is 0.0761 e. The van der Waals surface area contributed by atoms with Crippen LogP contribution in [0.3, 0.4) is 0 Å². The van der Waals surface area contributed by atoms with Crippen molar-refractivity contribution in [2.75, 3.05) is 32.7 Å². The maximum absolute atomic E-state index is 9.45. The van der Waals surface area contributed by atoms with Crippen LogP contribution in [0, 0.1) is 0 Å². The van der Waals surface area contributed by atoms with Crippen LogP contribution in [-0.2, 0) is 13.2 Å². The van der Waals surface area contributed by atoms with Crippen LogP contribution in [0.2, 0.25) is 0 Å². The van der Waals surface area contributed by atoms with Gasteiger partial charge in [0.15, 0.2) is 0 Å². The molecule has 1 aliphatic rings. The minimum Gasteiger partial charge on any atom is -0.392 e. The molecular formula is C15H22N4O. The Morgan fingerprint density at radius 2 is 1.90 bits per heavy atom. The van der Waals surface area contributed by atoms with E-state index in [1.54, 1.807) is 6.20 Å². The van der Waals surface area contributed by atoms with Crippen molar-refractivity contribution in [3.05, 3.63) is 35.7 Å². The summed E-state index contributed by atoms with van der Waals surface area (Å²) in [7, 11) is 0. The molecule has 0 saturated carbocycles. The van der Waals surface area contributed by atoms with Crippen molar-refractivity contribution in [1.82, 2.24) is 19.4 Å². The fourth-order valence-corrected chi connectivity index (χ4v) is 2.93. The lowest BCUT2D eigenvalue weighted by molar-refractivity contribution is 0.132. The minimum absolute atomic E-state index is 0.0458. The van der Waals surface area contributed by atoms with Gasteiger partial charge in [-0.2, -0.15) is 5.10 Å². The molecule has 3 rings (SSSR count). The fourth-order valence-electron chi connectivity index (χ4n) is 2.93. The van der Waals surface area contributed by atoms with Crippen LogP contribution in [0.5, 0.6) is 0 Å². The maximum Gasteiger partial charge on any atom is 0.0761 e. The van der Waals surface area contributed by atoms with Crippen molar-refractivity contribution in [3.63, 3.8) is 0 Å². The number of hydrogen-bond donors (Lipinski definition) is 1. The summed E-state index contributed by atoms with van der Waals surface area (Å²) in [5, 5.41) is 13.7. The van der Waals surface area contributed by atoms with Crippen LogP contribution in [-0.4, -0.2) is 57.2 Å². The zero-order chi connectivity index (χ0) is 13.9. The lowest BCUT2D eigenvalue weighted by Crippen LogP contribution is -2.45. The zero-order valence-electron chi connectivity index (χ0n) is 12.0. The summed E-state index contributed by atoms with van der Waals surface area (Å²) in [5.74, 6) is 0. The molecular weight excluding hydrogens is 252 g/mol. The van der Waals surface area contributed by atoms with Crippen molar-refractivity contribution >= 4 is 5.52 Å². The van der Waals surface area contributed by atoms with E-state index in [4.69, 9.17) is 0 Å². The van der Waals surface area contributed by atoms with Gasteiger partial charge in [0.05, 0.1) is 18.3 Å². The third-order valence-electron chi connectivity index (χ3n) is 4.18.